The summed E-state index contributed by atoms with van der Waals surface area (Å²) in [7, 11) is 1.63. The van der Waals surface area contributed by atoms with E-state index in [1.54, 1.807) is 31.9 Å². The molecule has 0 aliphatic rings. The minimum Gasteiger partial charge on any atom is -0.496 e. The minimum atomic E-state index is 0.0502. The third-order valence-corrected chi connectivity index (χ3v) is 4.84. The first-order valence-corrected chi connectivity index (χ1v) is 8.32. The normalized spacial score (nSPS) is 10.4. The van der Waals surface area contributed by atoms with E-state index in [2.05, 4.69) is 15.5 Å². The lowest BCUT2D eigenvalue weighted by atomic mass is 10.1. The number of aromatic nitrogens is 2. The van der Waals surface area contributed by atoms with Gasteiger partial charge < -0.3 is 10.1 Å². The van der Waals surface area contributed by atoms with Gasteiger partial charge in [0.15, 0.2) is 10.1 Å². The Bertz CT molecular complexity index is 628. The third kappa shape index (κ3) is 4.18. The van der Waals surface area contributed by atoms with Crippen molar-refractivity contribution in [3.05, 3.63) is 29.3 Å². The van der Waals surface area contributed by atoms with E-state index in [9.17, 15) is 4.79 Å². The number of hydrogen-bond acceptors (Lipinski definition) is 7. The molecule has 1 N–H and O–H groups in total. The summed E-state index contributed by atoms with van der Waals surface area (Å²) in [6, 6.07) is 5.49. The molecule has 0 saturated heterocycles. The van der Waals surface area contributed by atoms with Crippen molar-refractivity contribution in [2.75, 3.05) is 19.0 Å². The SMILES string of the molecule is CCNc1nnc(SCc2cc(C(C)=O)ccc2OC)s1. The number of carbonyl (C=O) groups is 1. The van der Waals surface area contributed by atoms with Crippen molar-refractivity contribution in [1.82, 2.24) is 10.2 Å². The van der Waals surface area contributed by atoms with Crippen LogP contribution in [0.5, 0.6) is 5.75 Å². The second-order valence-electron chi connectivity index (χ2n) is 4.27. The molecule has 0 atom stereocenters. The van der Waals surface area contributed by atoms with Crippen LogP contribution >= 0.6 is 23.1 Å². The van der Waals surface area contributed by atoms with Crippen LogP contribution in [0.4, 0.5) is 5.13 Å². The van der Waals surface area contributed by atoms with Crippen molar-refractivity contribution in [3.8, 4) is 5.75 Å². The summed E-state index contributed by atoms with van der Waals surface area (Å²) in [4.78, 5) is 11.5. The fraction of sp³-hybridized carbons (Fsp3) is 0.357. The number of Topliss-reactive ketones (excluding diaryl/α,β-unsaturated/α-hetero) is 1. The van der Waals surface area contributed by atoms with Gasteiger partial charge >= 0.3 is 0 Å². The van der Waals surface area contributed by atoms with Crippen molar-refractivity contribution < 1.29 is 9.53 Å². The summed E-state index contributed by atoms with van der Waals surface area (Å²) in [5.41, 5.74) is 1.67. The van der Waals surface area contributed by atoms with Gasteiger partial charge in [-0.3, -0.25) is 4.79 Å². The number of nitrogens with zero attached hydrogens (tertiary/aromatic N) is 2. The van der Waals surface area contributed by atoms with E-state index in [0.717, 1.165) is 27.3 Å². The van der Waals surface area contributed by atoms with E-state index in [0.29, 0.717) is 11.3 Å². The predicted molar refractivity (Wildman–Crippen MR) is 86.6 cm³/mol. The number of ketones is 1. The van der Waals surface area contributed by atoms with Crippen LogP contribution in [0.25, 0.3) is 0 Å². The molecule has 1 aromatic heterocycles. The molecule has 112 valence electrons. The second kappa shape index (κ2) is 7.42. The average molecular weight is 323 g/mol. The number of thioether (sulfide) groups is 1. The molecule has 5 nitrogen and oxygen atoms in total. The maximum absolute atomic E-state index is 11.5. The van der Waals surface area contributed by atoms with Crippen LogP contribution in [0.15, 0.2) is 22.5 Å². The van der Waals surface area contributed by atoms with E-state index in [-0.39, 0.29) is 5.78 Å². The van der Waals surface area contributed by atoms with Crippen LogP contribution in [0.3, 0.4) is 0 Å². The van der Waals surface area contributed by atoms with Gasteiger partial charge in [0.2, 0.25) is 5.13 Å². The van der Waals surface area contributed by atoms with Gasteiger partial charge in [-0.15, -0.1) is 10.2 Å². The summed E-state index contributed by atoms with van der Waals surface area (Å²) >= 11 is 3.11. The van der Waals surface area contributed by atoms with Crippen LogP contribution in [0, 0.1) is 0 Å². The van der Waals surface area contributed by atoms with E-state index < -0.39 is 0 Å². The average Bonchev–Trinajstić information content (AvgIpc) is 2.92. The molecule has 0 amide bonds. The number of benzene rings is 1. The molecule has 0 aliphatic carbocycles. The van der Waals surface area contributed by atoms with Crippen LogP contribution in [-0.2, 0) is 5.75 Å². The molecule has 0 unspecified atom stereocenters. The molecule has 0 saturated carbocycles. The van der Waals surface area contributed by atoms with E-state index in [4.69, 9.17) is 4.74 Å². The summed E-state index contributed by atoms with van der Waals surface area (Å²) in [6.07, 6.45) is 0. The molecule has 0 bridgehead atoms. The Morgan fingerprint density at radius 2 is 2.24 bits per heavy atom. The van der Waals surface area contributed by atoms with Gasteiger partial charge in [0, 0.05) is 23.4 Å². The Balaban J connectivity index is 2.10. The van der Waals surface area contributed by atoms with Crippen molar-refractivity contribution in [3.63, 3.8) is 0 Å². The van der Waals surface area contributed by atoms with Crippen LogP contribution in [0.1, 0.15) is 29.8 Å². The molecular weight excluding hydrogens is 306 g/mol. The molecule has 1 aromatic carbocycles. The van der Waals surface area contributed by atoms with Crippen molar-refractivity contribution in [2.45, 2.75) is 23.9 Å². The monoisotopic (exact) mass is 323 g/mol. The number of methoxy groups -OCH3 is 1. The fourth-order valence-electron chi connectivity index (χ4n) is 1.74. The molecule has 2 rings (SSSR count). The highest BCUT2D eigenvalue weighted by molar-refractivity contribution is 8.00. The molecule has 0 radical (unpaired) electrons. The van der Waals surface area contributed by atoms with Gasteiger partial charge in [-0.05, 0) is 32.0 Å². The second-order valence-corrected chi connectivity index (χ2v) is 6.47. The maximum atomic E-state index is 11.5. The van der Waals surface area contributed by atoms with Crippen molar-refractivity contribution in [2.24, 2.45) is 0 Å². The van der Waals surface area contributed by atoms with Gasteiger partial charge in [-0.25, -0.2) is 0 Å². The maximum Gasteiger partial charge on any atom is 0.206 e. The number of hydrogen-bond donors (Lipinski definition) is 1. The Labute approximate surface area is 132 Å². The van der Waals surface area contributed by atoms with Crippen LogP contribution in [0.2, 0.25) is 0 Å². The van der Waals surface area contributed by atoms with Gasteiger partial charge in [0.25, 0.3) is 0 Å². The van der Waals surface area contributed by atoms with Gasteiger partial charge in [-0.2, -0.15) is 0 Å². The number of rotatable bonds is 7. The van der Waals surface area contributed by atoms with Gasteiger partial charge in [-0.1, -0.05) is 23.1 Å². The molecule has 0 fully saturated rings. The molecule has 0 aliphatic heterocycles. The first kappa shape index (κ1) is 15.8. The molecule has 2 aromatic rings. The Hall–Kier alpha value is -1.60. The Morgan fingerprint density at radius 3 is 2.90 bits per heavy atom. The Kier molecular flexibility index (Phi) is 5.58. The molecule has 0 spiro atoms. The summed E-state index contributed by atoms with van der Waals surface area (Å²) < 4.78 is 6.23. The summed E-state index contributed by atoms with van der Waals surface area (Å²) in [5, 5.41) is 12.1. The molecular formula is C14H17N3O2S2. The number of carbonyl (C=O) groups excluding carboxylic acids is 1. The first-order valence-electron chi connectivity index (χ1n) is 6.52. The first-order chi connectivity index (χ1) is 10.1. The van der Waals surface area contributed by atoms with E-state index in [1.807, 2.05) is 19.1 Å². The van der Waals surface area contributed by atoms with Crippen molar-refractivity contribution in [1.29, 1.82) is 0 Å². The zero-order valence-corrected chi connectivity index (χ0v) is 13.8. The highest BCUT2D eigenvalue weighted by Gasteiger charge is 2.10. The van der Waals surface area contributed by atoms with Gasteiger partial charge in [0.1, 0.15) is 5.75 Å². The lowest BCUT2D eigenvalue weighted by molar-refractivity contribution is 0.101. The lowest BCUT2D eigenvalue weighted by Gasteiger charge is -2.08. The number of anilines is 1. The van der Waals surface area contributed by atoms with Crippen LogP contribution < -0.4 is 10.1 Å². The standard InChI is InChI=1S/C14H17N3O2S2/c1-4-15-13-16-17-14(21-13)20-8-11-7-10(9(2)18)5-6-12(11)19-3/h5-7H,4,8H2,1-3H3,(H,15,16). The fourth-order valence-corrected chi connectivity index (χ4v) is 3.54. The van der Waals surface area contributed by atoms with Crippen LogP contribution in [-0.4, -0.2) is 29.6 Å². The Morgan fingerprint density at radius 1 is 1.43 bits per heavy atom. The number of ether oxygens (including phenoxy) is 1. The summed E-state index contributed by atoms with van der Waals surface area (Å²) in [6.45, 7) is 4.41. The molecule has 7 heteroatoms. The topological polar surface area (TPSA) is 64.1 Å². The van der Waals surface area contributed by atoms with Crippen molar-refractivity contribution >= 4 is 34.0 Å². The van der Waals surface area contributed by atoms with E-state index >= 15 is 0 Å². The minimum absolute atomic E-state index is 0.0502. The molecule has 1 heterocycles. The smallest absolute Gasteiger partial charge is 0.206 e. The quantitative estimate of drug-likeness (QED) is 0.622. The highest BCUT2D eigenvalue weighted by atomic mass is 32.2. The van der Waals surface area contributed by atoms with Gasteiger partial charge in [0.05, 0.1) is 7.11 Å². The lowest BCUT2D eigenvalue weighted by Crippen LogP contribution is -1.96. The van der Waals surface area contributed by atoms with E-state index in [1.165, 1.54) is 11.3 Å². The predicted octanol–water partition coefficient (Wildman–Crippen LogP) is 3.47. The zero-order chi connectivity index (χ0) is 15.2. The zero-order valence-electron chi connectivity index (χ0n) is 12.2. The highest BCUT2D eigenvalue weighted by Crippen LogP contribution is 2.31. The third-order valence-electron chi connectivity index (χ3n) is 2.77. The molecule has 21 heavy (non-hydrogen) atoms. The number of nitrogens with one attached hydrogen (secondary N) is 1. The largest absolute Gasteiger partial charge is 0.496 e. The summed E-state index contributed by atoms with van der Waals surface area (Å²) in [5.74, 6) is 1.52.